The van der Waals surface area contributed by atoms with E-state index in [1.807, 2.05) is 53.1 Å². The summed E-state index contributed by atoms with van der Waals surface area (Å²) < 4.78 is 8.99. The third-order valence-corrected chi connectivity index (χ3v) is 5.69. The maximum atomic E-state index is 13.5. The zero-order valence-electron chi connectivity index (χ0n) is 17.2. The number of nitrogens with zero attached hydrogens (tertiary/aromatic N) is 5. The summed E-state index contributed by atoms with van der Waals surface area (Å²) in [6, 6.07) is 21.6. The molecule has 0 unspecified atom stereocenters. The monoisotopic (exact) mass is 421 g/mol. The van der Waals surface area contributed by atoms with Crippen LogP contribution in [0.15, 0.2) is 88.5 Å². The lowest BCUT2D eigenvalue weighted by Crippen LogP contribution is -2.21. The minimum atomic E-state index is -0.153. The molecule has 0 atom stereocenters. The third kappa shape index (κ3) is 3.06. The molecule has 0 saturated carbocycles. The molecule has 7 heteroatoms. The number of hydrogen-bond donors (Lipinski definition) is 0. The Hall–Kier alpha value is -4.26. The first-order valence-electron chi connectivity index (χ1n) is 10.5. The molecule has 0 fully saturated rings. The fourth-order valence-corrected chi connectivity index (χ4v) is 4.12. The standard InChI is InChI=1S/C25H19N5O2/c31-25-21-22-24(28-20-11-5-4-10-19(20)27-22)30(13-12-17-7-2-1-3-8-17)23(21)26-16-29(25)15-18-9-6-14-32-18/h1-11,14,16H,12-13,15H2. The first-order chi connectivity index (χ1) is 15.8. The van der Waals surface area contributed by atoms with E-state index in [-0.39, 0.29) is 5.56 Å². The van der Waals surface area contributed by atoms with Gasteiger partial charge in [0.1, 0.15) is 23.0 Å². The average molecular weight is 421 g/mol. The first kappa shape index (κ1) is 18.5. The van der Waals surface area contributed by atoms with E-state index < -0.39 is 0 Å². The van der Waals surface area contributed by atoms with E-state index >= 15 is 0 Å². The molecule has 0 N–H and O–H groups in total. The molecule has 6 aromatic rings. The Bertz CT molecular complexity index is 1620. The number of aromatic nitrogens is 5. The van der Waals surface area contributed by atoms with Crippen LogP contribution in [0.2, 0.25) is 0 Å². The van der Waals surface area contributed by atoms with Gasteiger partial charge < -0.3 is 8.98 Å². The van der Waals surface area contributed by atoms with Gasteiger partial charge in [0.2, 0.25) is 0 Å². The molecule has 2 aromatic carbocycles. The van der Waals surface area contributed by atoms with Gasteiger partial charge in [0.15, 0.2) is 11.3 Å². The lowest BCUT2D eigenvalue weighted by atomic mass is 10.1. The van der Waals surface area contributed by atoms with Crippen molar-refractivity contribution in [2.75, 3.05) is 0 Å². The summed E-state index contributed by atoms with van der Waals surface area (Å²) in [5.41, 5.74) is 4.46. The number of hydrogen-bond acceptors (Lipinski definition) is 5. The summed E-state index contributed by atoms with van der Waals surface area (Å²) in [5, 5.41) is 0.486. The van der Waals surface area contributed by atoms with Gasteiger partial charge in [0.05, 0.1) is 23.8 Å². The molecular formula is C25H19N5O2. The van der Waals surface area contributed by atoms with Crippen LogP contribution < -0.4 is 5.56 Å². The zero-order chi connectivity index (χ0) is 21.5. The third-order valence-electron chi connectivity index (χ3n) is 5.69. The van der Waals surface area contributed by atoms with Gasteiger partial charge in [-0.25, -0.2) is 15.0 Å². The van der Waals surface area contributed by atoms with Crippen LogP contribution in [0.5, 0.6) is 0 Å². The van der Waals surface area contributed by atoms with E-state index in [1.54, 1.807) is 23.2 Å². The van der Waals surface area contributed by atoms with Crippen LogP contribution in [0.3, 0.4) is 0 Å². The Kier molecular flexibility index (Phi) is 4.31. The van der Waals surface area contributed by atoms with E-state index in [1.165, 1.54) is 5.56 Å². The van der Waals surface area contributed by atoms with Crippen LogP contribution in [0.1, 0.15) is 11.3 Å². The maximum absolute atomic E-state index is 13.5. The van der Waals surface area contributed by atoms with Crippen LogP contribution in [0.25, 0.3) is 33.2 Å². The molecule has 0 spiro atoms. The summed E-state index contributed by atoms with van der Waals surface area (Å²) in [6.45, 7) is 0.956. The number of aryl methyl sites for hydroxylation is 2. The van der Waals surface area contributed by atoms with Gasteiger partial charge in [-0.15, -0.1) is 0 Å². The van der Waals surface area contributed by atoms with Crippen LogP contribution in [-0.2, 0) is 19.5 Å². The summed E-state index contributed by atoms with van der Waals surface area (Å²) in [4.78, 5) is 27.8. The highest BCUT2D eigenvalue weighted by Crippen LogP contribution is 2.25. The lowest BCUT2D eigenvalue weighted by Gasteiger charge is -2.07. The fourth-order valence-electron chi connectivity index (χ4n) is 4.12. The Morgan fingerprint density at radius 3 is 2.41 bits per heavy atom. The van der Waals surface area contributed by atoms with Crippen molar-refractivity contribution < 1.29 is 4.42 Å². The minimum Gasteiger partial charge on any atom is -0.467 e. The van der Waals surface area contributed by atoms with E-state index in [2.05, 4.69) is 17.1 Å². The van der Waals surface area contributed by atoms with E-state index in [4.69, 9.17) is 14.4 Å². The Morgan fingerprint density at radius 2 is 1.62 bits per heavy atom. The van der Waals surface area contributed by atoms with Crippen molar-refractivity contribution in [3.63, 3.8) is 0 Å². The molecule has 4 heterocycles. The minimum absolute atomic E-state index is 0.153. The SMILES string of the molecule is O=c1c2c3nc4ccccc4nc3n(CCc3ccccc3)c2ncn1Cc1ccco1. The fraction of sp³-hybridized carbons (Fsp3) is 0.120. The Balaban J connectivity index is 1.57. The van der Waals surface area contributed by atoms with Crippen molar-refractivity contribution in [1.82, 2.24) is 24.1 Å². The van der Waals surface area contributed by atoms with Gasteiger partial charge in [-0.05, 0) is 36.2 Å². The molecule has 0 radical (unpaired) electrons. The Labute approximate surface area is 182 Å². The zero-order valence-corrected chi connectivity index (χ0v) is 17.2. The quantitative estimate of drug-likeness (QED) is 0.417. The normalized spacial score (nSPS) is 11.6. The molecule has 7 nitrogen and oxygen atoms in total. The molecule has 6 rings (SSSR count). The van der Waals surface area contributed by atoms with Crippen molar-refractivity contribution >= 4 is 33.2 Å². The number of fused-ring (bicyclic) bond motifs is 4. The van der Waals surface area contributed by atoms with Crippen LogP contribution in [0, 0.1) is 0 Å². The van der Waals surface area contributed by atoms with Crippen molar-refractivity contribution in [2.24, 2.45) is 0 Å². The second-order valence-corrected chi connectivity index (χ2v) is 7.73. The van der Waals surface area contributed by atoms with E-state index in [0.29, 0.717) is 41.0 Å². The second-order valence-electron chi connectivity index (χ2n) is 7.73. The average Bonchev–Trinajstić information content (AvgIpc) is 3.45. The largest absolute Gasteiger partial charge is 0.467 e. The van der Waals surface area contributed by atoms with Gasteiger partial charge in [-0.3, -0.25) is 9.36 Å². The van der Waals surface area contributed by atoms with Crippen molar-refractivity contribution in [3.05, 3.63) is 101 Å². The molecule has 0 saturated heterocycles. The van der Waals surface area contributed by atoms with Crippen LogP contribution in [-0.4, -0.2) is 24.1 Å². The molecule has 0 aliphatic rings. The van der Waals surface area contributed by atoms with Crippen molar-refractivity contribution in [2.45, 2.75) is 19.5 Å². The molecular weight excluding hydrogens is 402 g/mol. The predicted molar refractivity (Wildman–Crippen MR) is 123 cm³/mol. The van der Waals surface area contributed by atoms with Crippen molar-refractivity contribution in [3.8, 4) is 0 Å². The molecule has 0 aliphatic carbocycles. The van der Waals surface area contributed by atoms with Crippen LogP contribution >= 0.6 is 0 Å². The number of benzene rings is 2. The predicted octanol–water partition coefficient (Wildman–Crippen LogP) is 4.18. The topological polar surface area (TPSA) is 78.7 Å². The van der Waals surface area contributed by atoms with E-state index in [0.717, 1.165) is 17.5 Å². The number of para-hydroxylation sites is 2. The van der Waals surface area contributed by atoms with Gasteiger partial charge in [-0.2, -0.15) is 0 Å². The molecule has 156 valence electrons. The Morgan fingerprint density at radius 1 is 0.844 bits per heavy atom. The molecule has 32 heavy (non-hydrogen) atoms. The van der Waals surface area contributed by atoms with Crippen LogP contribution in [0.4, 0.5) is 0 Å². The molecule has 0 aliphatic heterocycles. The number of rotatable bonds is 5. The van der Waals surface area contributed by atoms with E-state index in [9.17, 15) is 4.79 Å². The highest BCUT2D eigenvalue weighted by molar-refractivity contribution is 6.04. The summed E-state index contributed by atoms with van der Waals surface area (Å²) in [5.74, 6) is 0.692. The first-order valence-corrected chi connectivity index (χ1v) is 10.5. The second kappa shape index (κ2) is 7.46. The molecule has 0 amide bonds. The highest BCUT2D eigenvalue weighted by Gasteiger charge is 2.20. The summed E-state index contributed by atoms with van der Waals surface area (Å²) in [7, 11) is 0. The van der Waals surface area contributed by atoms with Crippen molar-refractivity contribution in [1.29, 1.82) is 0 Å². The summed E-state index contributed by atoms with van der Waals surface area (Å²) >= 11 is 0. The van der Waals surface area contributed by atoms with Gasteiger partial charge in [0.25, 0.3) is 5.56 Å². The molecule has 0 bridgehead atoms. The molecule has 4 aromatic heterocycles. The van der Waals surface area contributed by atoms with Gasteiger partial charge in [0, 0.05) is 6.54 Å². The van der Waals surface area contributed by atoms with Gasteiger partial charge in [-0.1, -0.05) is 42.5 Å². The smallest absolute Gasteiger partial charge is 0.265 e. The van der Waals surface area contributed by atoms with Gasteiger partial charge >= 0.3 is 0 Å². The summed E-state index contributed by atoms with van der Waals surface area (Å²) in [6.07, 6.45) is 3.97. The number of furan rings is 1. The lowest BCUT2D eigenvalue weighted by molar-refractivity contribution is 0.489. The maximum Gasteiger partial charge on any atom is 0.265 e. The highest BCUT2D eigenvalue weighted by atomic mass is 16.3.